The highest BCUT2D eigenvalue weighted by molar-refractivity contribution is 8.04. The molecule has 0 saturated carbocycles. The molecule has 9 nitrogen and oxygen atoms in total. The topological polar surface area (TPSA) is 80.8 Å². The molecule has 0 bridgehead atoms. The van der Waals surface area contributed by atoms with Crippen LogP contribution in [-0.4, -0.2) is 75.4 Å². The number of fused-ring (bicyclic) bond motifs is 2. The third-order valence-corrected chi connectivity index (χ3v) is 8.67. The number of carbonyl (C=O) groups excluding carboxylic acids is 2. The number of ether oxygens (including phenoxy) is 4. The average Bonchev–Trinajstić information content (AvgIpc) is 3.48. The number of benzene rings is 3. The second kappa shape index (κ2) is 12.0. The number of nitrogens with zero attached hydrogens (tertiary/aromatic N) is 3. The summed E-state index contributed by atoms with van der Waals surface area (Å²) < 4.78 is 22.0. The molecule has 0 N–H and O–H groups in total. The van der Waals surface area contributed by atoms with E-state index in [0.29, 0.717) is 41.7 Å². The van der Waals surface area contributed by atoms with Gasteiger partial charge in [0.15, 0.2) is 23.0 Å². The molecule has 0 aliphatic carbocycles. The molecular formula is C32H33N3O6S. The fourth-order valence-electron chi connectivity index (χ4n) is 5.32. The first-order chi connectivity index (χ1) is 20.4. The molecule has 218 valence electrons. The maximum absolute atomic E-state index is 13.4. The summed E-state index contributed by atoms with van der Waals surface area (Å²) in [5, 5.41) is 0. The molecule has 3 aliphatic heterocycles. The number of rotatable bonds is 7. The maximum Gasteiger partial charge on any atom is 0.264 e. The van der Waals surface area contributed by atoms with Crippen LogP contribution in [0.4, 0.5) is 5.69 Å². The predicted octanol–water partition coefficient (Wildman–Crippen LogP) is 4.89. The van der Waals surface area contributed by atoms with Gasteiger partial charge in [0.25, 0.3) is 11.8 Å². The largest absolute Gasteiger partial charge is 0.493 e. The lowest BCUT2D eigenvalue weighted by molar-refractivity contribution is -0.114. The second-order valence-electron chi connectivity index (χ2n) is 10.3. The zero-order valence-corrected chi connectivity index (χ0v) is 24.7. The Morgan fingerprint density at radius 2 is 1.79 bits per heavy atom. The molecule has 0 unspecified atom stereocenters. The third kappa shape index (κ3) is 5.64. The van der Waals surface area contributed by atoms with Crippen LogP contribution in [-0.2, 0) is 11.3 Å². The molecule has 3 aliphatic rings. The van der Waals surface area contributed by atoms with E-state index in [1.807, 2.05) is 66.4 Å². The summed E-state index contributed by atoms with van der Waals surface area (Å²) in [6, 6.07) is 17.3. The first kappa shape index (κ1) is 28.0. The Balaban J connectivity index is 1.11. The minimum atomic E-state index is -0.123. The van der Waals surface area contributed by atoms with Crippen LogP contribution in [0, 0.1) is 0 Å². The third-order valence-electron chi connectivity index (χ3n) is 7.59. The van der Waals surface area contributed by atoms with Crippen molar-refractivity contribution in [3.63, 3.8) is 0 Å². The number of likely N-dealkylation sites (N-methyl/N-ethyl adjacent to an activating group) is 1. The van der Waals surface area contributed by atoms with Crippen LogP contribution in [0.2, 0.25) is 0 Å². The van der Waals surface area contributed by atoms with Crippen molar-refractivity contribution in [2.45, 2.75) is 18.4 Å². The molecule has 0 radical (unpaired) electrons. The number of thioether (sulfide) groups is 1. The van der Waals surface area contributed by atoms with E-state index in [2.05, 4.69) is 11.0 Å². The van der Waals surface area contributed by atoms with Crippen molar-refractivity contribution in [3.8, 4) is 23.0 Å². The molecule has 3 aromatic carbocycles. The fourth-order valence-corrected chi connectivity index (χ4v) is 6.41. The van der Waals surface area contributed by atoms with E-state index in [1.165, 1.54) is 11.8 Å². The van der Waals surface area contributed by atoms with Gasteiger partial charge in [-0.25, -0.2) is 0 Å². The molecule has 1 saturated heterocycles. The van der Waals surface area contributed by atoms with Gasteiger partial charge in [0, 0.05) is 50.2 Å². The molecule has 0 aromatic heterocycles. The summed E-state index contributed by atoms with van der Waals surface area (Å²) in [6.07, 6.45) is 1.85. The molecule has 0 spiro atoms. The van der Waals surface area contributed by atoms with Gasteiger partial charge in [-0.2, -0.15) is 0 Å². The first-order valence-corrected chi connectivity index (χ1v) is 14.8. The van der Waals surface area contributed by atoms with Gasteiger partial charge in [0.1, 0.15) is 0 Å². The smallest absolute Gasteiger partial charge is 0.264 e. The van der Waals surface area contributed by atoms with Crippen LogP contribution in [0.1, 0.15) is 28.4 Å². The van der Waals surface area contributed by atoms with Crippen molar-refractivity contribution >= 4 is 35.3 Å². The number of piperazine rings is 1. The normalized spacial score (nSPS) is 17.4. The number of amides is 2. The van der Waals surface area contributed by atoms with Crippen molar-refractivity contribution < 1.29 is 28.5 Å². The predicted molar refractivity (Wildman–Crippen MR) is 162 cm³/mol. The Bertz CT molecular complexity index is 1550. The van der Waals surface area contributed by atoms with Gasteiger partial charge < -0.3 is 28.7 Å². The molecule has 10 heteroatoms. The zero-order valence-electron chi connectivity index (χ0n) is 23.9. The number of methoxy groups -OCH3 is 1. The molecule has 1 fully saturated rings. The van der Waals surface area contributed by atoms with Crippen molar-refractivity contribution in [1.82, 2.24) is 9.80 Å². The van der Waals surface area contributed by atoms with Crippen LogP contribution in [0.5, 0.6) is 23.0 Å². The SMILES string of the molecule is CCOc1ccc(/C=C2/Sc3ccc(C(=O)N4CCN(Cc5ccc6c(c5)OCO6)CC4)cc3N(C)C2=O)cc1OC. The zero-order chi connectivity index (χ0) is 29.2. The van der Waals surface area contributed by atoms with Crippen molar-refractivity contribution in [2.75, 3.05) is 58.6 Å². The van der Waals surface area contributed by atoms with Crippen LogP contribution in [0.3, 0.4) is 0 Å². The summed E-state index contributed by atoms with van der Waals surface area (Å²) in [5.41, 5.74) is 3.32. The van der Waals surface area contributed by atoms with Gasteiger partial charge in [0.05, 0.1) is 24.3 Å². The van der Waals surface area contributed by atoms with E-state index in [0.717, 1.165) is 52.8 Å². The number of anilines is 1. The highest BCUT2D eigenvalue weighted by Gasteiger charge is 2.29. The molecule has 2 amide bonds. The van der Waals surface area contributed by atoms with Crippen LogP contribution in [0.15, 0.2) is 64.4 Å². The van der Waals surface area contributed by atoms with Gasteiger partial charge in [0.2, 0.25) is 6.79 Å². The summed E-state index contributed by atoms with van der Waals surface area (Å²) in [4.78, 5) is 34.1. The van der Waals surface area contributed by atoms with Gasteiger partial charge in [-0.05, 0) is 66.6 Å². The Kier molecular flexibility index (Phi) is 7.99. The highest BCUT2D eigenvalue weighted by atomic mass is 32.2. The van der Waals surface area contributed by atoms with E-state index >= 15 is 0 Å². The molecule has 6 rings (SSSR count). The Labute approximate surface area is 249 Å². The van der Waals surface area contributed by atoms with E-state index in [4.69, 9.17) is 18.9 Å². The van der Waals surface area contributed by atoms with Crippen molar-refractivity contribution in [3.05, 3.63) is 76.2 Å². The molecule has 3 aromatic rings. The standard InChI is InChI=1S/C32H33N3O6S/c1-4-39-25-8-5-21(15-27(25)38-3)17-30-32(37)33(2)24-18-23(7-10-29(24)42-30)31(36)35-13-11-34(12-14-35)19-22-6-9-26-28(16-22)41-20-40-26/h5-10,15-18H,4,11-14,19-20H2,1-3H3/b30-17+. The lowest BCUT2D eigenvalue weighted by Crippen LogP contribution is -2.48. The van der Waals surface area contributed by atoms with E-state index in [9.17, 15) is 9.59 Å². The summed E-state index contributed by atoms with van der Waals surface area (Å²) >= 11 is 1.41. The summed E-state index contributed by atoms with van der Waals surface area (Å²) in [7, 11) is 3.34. The fraction of sp³-hybridized carbons (Fsp3) is 0.312. The van der Waals surface area contributed by atoms with Gasteiger partial charge in [-0.15, -0.1) is 0 Å². The van der Waals surface area contributed by atoms with Gasteiger partial charge >= 0.3 is 0 Å². The molecule has 0 atom stereocenters. The number of hydrogen-bond donors (Lipinski definition) is 0. The lowest BCUT2D eigenvalue weighted by Gasteiger charge is -2.35. The quantitative estimate of drug-likeness (QED) is 0.362. The van der Waals surface area contributed by atoms with Crippen molar-refractivity contribution in [1.29, 1.82) is 0 Å². The Morgan fingerprint density at radius 1 is 0.976 bits per heavy atom. The van der Waals surface area contributed by atoms with Gasteiger partial charge in [-0.3, -0.25) is 14.5 Å². The van der Waals surface area contributed by atoms with E-state index in [-0.39, 0.29) is 18.6 Å². The van der Waals surface area contributed by atoms with E-state index in [1.54, 1.807) is 19.1 Å². The van der Waals surface area contributed by atoms with Gasteiger partial charge in [-0.1, -0.05) is 23.9 Å². The van der Waals surface area contributed by atoms with Crippen LogP contribution >= 0.6 is 11.8 Å². The second-order valence-corrected chi connectivity index (χ2v) is 11.3. The summed E-state index contributed by atoms with van der Waals surface area (Å²) in [6.45, 7) is 6.36. The van der Waals surface area contributed by atoms with Crippen molar-refractivity contribution in [2.24, 2.45) is 0 Å². The van der Waals surface area contributed by atoms with E-state index < -0.39 is 0 Å². The minimum absolute atomic E-state index is 0.0193. The maximum atomic E-state index is 13.4. The Morgan fingerprint density at radius 3 is 2.57 bits per heavy atom. The highest BCUT2D eigenvalue weighted by Crippen LogP contribution is 2.42. The number of carbonyl (C=O) groups is 2. The first-order valence-electron chi connectivity index (χ1n) is 14.0. The average molecular weight is 588 g/mol. The summed E-state index contributed by atoms with van der Waals surface area (Å²) in [5.74, 6) is 2.71. The van der Waals surface area contributed by atoms with Crippen LogP contribution in [0.25, 0.3) is 6.08 Å². The molecular weight excluding hydrogens is 554 g/mol. The monoisotopic (exact) mass is 587 g/mol. The lowest BCUT2D eigenvalue weighted by atomic mass is 10.1. The number of hydrogen-bond acceptors (Lipinski definition) is 8. The van der Waals surface area contributed by atoms with Crippen LogP contribution < -0.4 is 23.8 Å². The molecule has 42 heavy (non-hydrogen) atoms. The Hall–Kier alpha value is -4.15. The molecule has 3 heterocycles. The minimum Gasteiger partial charge on any atom is -0.493 e.